The minimum atomic E-state index is 0.0156. The van der Waals surface area contributed by atoms with E-state index in [1.165, 1.54) is 16.5 Å². The second-order valence-electron chi connectivity index (χ2n) is 8.29. The van der Waals surface area contributed by atoms with Crippen molar-refractivity contribution >= 4 is 27.2 Å². The molecule has 1 aliphatic rings. The van der Waals surface area contributed by atoms with E-state index in [1.54, 1.807) is 10.9 Å². The van der Waals surface area contributed by atoms with Gasteiger partial charge in [0.05, 0.1) is 11.6 Å². The predicted molar refractivity (Wildman–Crippen MR) is 128 cm³/mol. The van der Waals surface area contributed by atoms with Crippen LogP contribution in [-0.4, -0.2) is 47.4 Å². The highest BCUT2D eigenvalue weighted by molar-refractivity contribution is 5.94. The molecule has 5 nitrogen and oxygen atoms in total. The molecule has 5 heteroatoms. The first-order valence-electron chi connectivity index (χ1n) is 11.2. The number of hydrogen-bond acceptors (Lipinski definition) is 4. The first-order valence-corrected chi connectivity index (χ1v) is 11.2. The maximum Gasteiger partial charge on any atom is 0.274 e. The molecular formula is C26H28N4O. The first-order chi connectivity index (χ1) is 15.3. The number of unbranched alkanes of at least 4 members (excludes halogenated alkanes) is 1. The van der Waals surface area contributed by atoms with Crippen molar-refractivity contribution in [1.29, 1.82) is 0 Å². The van der Waals surface area contributed by atoms with E-state index in [1.807, 2.05) is 24.3 Å². The molecule has 1 aromatic heterocycles. The summed E-state index contributed by atoms with van der Waals surface area (Å²) < 4.78 is 1.61. The Bertz CT molecular complexity index is 1240. The number of rotatable bonds is 6. The van der Waals surface area contributed by atoms with E-state index in [4.69, 9.17) is 0 Å². The Kier molecular flexibility index (Phi) is 5.67. The molecule has 0 atom stereocenters. The van der Waals surface area contributed by atoms with Gasteiger partial charge >= 0.3 is 0 Å². The number of fused-ring (bicyclic) bond motifs is 2. The first kappa shape index (κ1) is 19.8. The Morgan fingerprint density at radius 2 is 1.39 bits per heavy atom. The van der Waals surface area contributed by atoms with Crippen LogP contribution in [0.5, 0.6) is 0 Å². The summed E-state index contributed by atoms with van der Waals surface area (Å²) in [5, 5.41) is 8.65. The van der Waals surface area contributed by atoms with Crippen molar-refractivity contribution in [1.82, 2.24) is 14.7 Å². The van der Waals surface area contributed by atoms with E-state index in [2.05, 4.69) is 57.4 Å². The molecule has 0 radical (unpaired) electrons. The van der Waals surface area contributed by atoms with Crippen molar-refractivity contribution < 1.29 is 0 Å². The molecule has 0 N–H and O–H groups in total. The van der Waals surface area contributed by atoms with Crippen molar-refractivity contribution in [2.45, 2.75) is 19.4 Å². The molecule has 0 bridgehead atoms. The van der Waals surface area contributed by atoms with Crippen LogP contribution >= 0.6 is 0 Å². The normalized spacial score (nSPS) is 15.0. The van der Waals surface area contributed by atoms with Crippen LogP contribution in [0.4, 0.5) is 5.69 Å². The molecule has 1 aliphatic heterocycles. The number of anilines is 1. The van der Waals surface area contributed by atoms with Crippen molar-refractivity contribution in [2.75, 3.05) is 37.6 Å². The highest BCUT2D eigenvalue weighted by Gasteiger charge is 2.18. The SMILES string of the molecule is O=c1c2ccccc2cnn1CCCCN1CCN(c2cccc3ccccc23)CC1. The van der Waals surface area contributed by atoms with Gasteiger partial charge in [-0.25, -0.2) is 4.68 Å². The van der Waals surface area contributed by atoms with Crippen LogP contribution in [0.1, 0.15) is 12.8 Å². The fourth-order valence-electron chi connectivity index (χ4n) is 4.58. The maximum absolute atomic E-state index is 12.6. The third-order valence-corrected chi connectivity index (χ3v) is 6.34. The lowest BCUT2D eigenvalue weighted by atomic mass is 10.1. The van der Waals surface area contributed by atoms with E-state index in [0.29, 0.717) is 6.54 Å². The molecule has 2 heterocycles. The van der Waals surface area contributed by atoms with Crippen LogP contribution in [0, 0.1) is 0 Å². The summed E-state index contributed by atoms with van der Waals surface area (Å²) in [6, 6.07) is 22.9. The molecule has 1 fully saturated rings. The average molecular weight is 413 g/mol. The smallest absolute Gasteiger partial charge is 0.274 e. The molecule has 0 spiro atoms. The van der Waals surface area contributed by atoms with Gasteiger partial charge in [0.25, 0.3) is 5.56 Å². The van der Waals surface area contributed by atoms with Gasteiger partial charge in [-0.1, -0.05) is 54.6 Å². The summed E-state index contributed by atoms with van der Waals surface area (Å²) in [4.78, 5) is 17.6. The van der Waals surface area contributed by atoms with Gasteiger partial charge in [-0.15, -0.1) is 0 Å². The summed E-state index contributed by atoms with van der Waals surface area (Å²) in [6.45, 7) is 6.03. The minimum Gasteiger partial charge on any atom is -0.368 e. The van der Waals surface area contributed by atoms with Crippen LogP contribution in [0.15, 0.2) is 77.7 Å². The molecule has 0 aliphatic carbocycles. The van der Waals surface area contributed by atoms with Crippen molar-refractivity contribution in [2.24, 2.45) is 0 Å². The van der Waals surface area contributed by atoms with Gasteiger partial charge in [-0.05, 0) is 36.9 Å². The van der Waals surface area contributed by atoms with E-state index in [-0.39, 0.29) is 5.56 Å². The third-order valence-electron chi connectivity index (χ3n) is 6.34. The highest BCUT2D eigenvalue weighted by atomic mass is 16.1. The zero-order valence-corrected chi connectivity index (χ0v) is 17.8. The molecule has 158 valence electrons. The van der Waals surface area contributed by atoms with Crippen LogP contribution in [0.2, 0.25) is 0 Å². The number of aromatic nitrogens is 2. The second-order valence-corrected chi connectivity index (χ2v) is 8.29. The summed E-state index contributed by atoms with van der Waals surface area (Å²) >= 11 is 0. The number of hydrogen-bond donors (Lipinski definition) is 0. The van der Waals surface area contributed by atoms with Crippen molar-refractivity contribution in [3.63, 3.8) is 0 Å². The van der Waals surface area contributed by atoms with Crippen molar-refractivity contribution in [3.05, 3.63) is 83.3 Å². The predicted octanol–water partition coefficient (Wildman–Crippen LogP) is 4.15. The maximum atomic E-state index is 12.6. The number of nitrogens with zero attached hydrogens (tertiary/aromatic N) is 4. The van der Waals surface area contributed by atoms with Crippen LogP contribution in [0.25, 0.3) is 21.5 Å². The lowest BCUT2D eigenvalue weighted by Crippen LogP contribution is -2.46. The standard InChI is InChI=1S/C26H28N4O/c31-26-24-12-4-2-9-22(24)20-27-30(26)15-6-5-14-28-16-18-29(19-17-28)25-13-7-10-21-8-1-3-11-23(21)25/h1-4,7-13,20H,5-6,14-19H2. The quantitative estimate of drug-likeness (QED) is 0.446. The molecule has 31 heavy (non-hydrogen) atoms. The molecule has 0 saturated carbocycles. The molecule has 1 saturated heterocycles. The Morgan fingerprint density at radius 1 is 0.710 bits per heavy atom. The fourth-order valence-corrected chi connectivity index (χ4v) is 4.58. The van der Waals surface area contributed by atoms with Gasteiger partial charge < -0.3 is 4.90 Å². The van der Waals surface area contributed by atoms with Crippen LogP contribution < -0.4 is 10.5 Å². The fraction of sp³-hybridized carbons (Fsp3) is 0.308. The van der Waals surface area contributed by atoms with Gasteiger partial charge in [-0.3, -0.25) is 9.69 Å². The second kappa shape index (κ2) is 8.90. The Morgan fingerprint density at radius 3 is 2.23 bits per heavy atom. The summed E-state index contributed by atoms with van der Waals surface area (Å²) in [5.41, 5.74) is 1.36. The molecule has 5 rings (SSSR count). The average Bonchev–Trinajstić information content (AvgIpc) is 2.83. The molecular weight excluding hydrogens is 384 g/mol. The van der Waals surface area contributed by atoms with E-state index in [0.717, 1.165) is 56.3 Å². The van der Waals surface area contributed by atoms with Gasteiger partial charge in [0, 0.05) is 49.2 Å². The van der Waals surface area contributed by atoms with Gasteiger partial charge in [-0.2, -0.15) is 5.10 Å². The molecule has 0 amide bonds. The molecule has 3 aromatic carbocycles. The zero-order chi connectivity index (χ0) is 21.0. The Balaban J connectivity index is 1.13. The zero-order valence-electron chi connectivity index (χ0n) is 17.8. The van der Waals surface area contributed by atoms with Gasteiger partial charge in [0.2, 0.25) is 0 Å². The molecule has 0 unspecified atom stereocenters. The number of benzene rings is 3. The monoisotopic (exact) mass is 412 g/mol. The van der Waals surface area contributed by atoms with Crippen LogP contribution in [0.3, 0.4) is 0 Å². The molecule has 4 aromatic rings. The number of piperazine rings is 1. The third kappa shape index (κ3) is 4.19. The summed E-state index contributed by atoms with van der Waals surface area (Å²) in [7, 11) is 0. The van der Waals surface area contributed by atoms with E-state index in [9.17, 15) is 4.79 Å². The Labute approximate surface area is 182 Å². The van der Waals surface area contributed by atoms with Crippen LogP contribution in [-0.2, 0) is 6.54 Å². The largest absolute Gasteiger partial charge is 0.368 e. The summed E-state index contributed by atoms with van der Waals surface area (Å²) in [5.74, 6) is 0. The number of aryl methyl sites for hydroxylation is 1. The van der Waals surface area contributed by atoms with E-state index >= 15 is 0 Å². The van der Waals surface area contributed by atoms with E-state index < -0.39 is 0 Å². The van der Waals surface area contributed by atoms with Gasteiger partial charge in [0.1, 0.15) is 0 Å². The Hall–Kier alpha value is -3.18. The lowest BCUT2D eigenvalue weighted by Gasteiger charge is -2.36. The minimum absolute atomic E-state index is 0.0156. The topological polar surface area (TPSA) is 41.4 Å². The summed E-state index contributed by atoms with van der Waals surface area (Å²) in [6.07, 6.45) is 3.84. The lowest BCUT2D eigenvalue weighted by molar-refractivity contribution is 0.250. The highest BCUT2D eigenvalue weighted by Crippen LogP contribution is 2.27. The van der Waals surface area contributed by atoms with Gasteiger partial charge in [0.15, 0.2) is 0 Å². The van der Waals surface area contributed by atoms with Crippen molar-refractivity contribution in [3.8, 4) is 0 Å².